The number of allylic oxidation sites excluding steroid dienone is 1. The van der Waals surface area contributed by atoms with Gasteiger partial charge < -0.3 is 15.2 Å². The van der Waals surface area contributed by atoms with Gasteiger partial charge in [-0.05, 0) is 36.8 Å². The first-order valence-electron chi connectivity index (χ1n) is 8.77. The van der Waals surface area contributed by atoms with Crippen LogP contribution in [0.25, 0.3) is 0 Å². The van der Waals surface area contributed by atoms with Crippen molar-refractivity contribution in [3.05, 3.63) is 86.4 Å². The van der Waals surface area contributed by atoms with Crippen molar-refractivity contribution >= 4 is 23.2 Å². The molecule has 0 radical (unpaired) electrons. The first-order valence-corrected chi connectivity index (χ1v) is 9.52. The maximum Gasteiger partial charge on any atom is 0.244 e. The van der Waals surface area contributed by atoms with Crippen LogP contribution in [-0.2, 0) is 6.61 Å². The van der Waals surface area contributed by atoms with Gasteiger partial charge in [-0.25, -0.2) is 0 Å². The highest BCUT2D eigenvalue weighted by molar-refractivity contribution is 6.35. The zero-order valence-corrected chi connectivity index (χ0v) is 16.9. The van der Waals surface area contributed by atoms with Crippen LogP contribution < -0.4 is 15.2 Å². The maximum atomic E-state index is 9.61. The molecule has 0 unspecified atom stereocenters. The van der Waals surface area contributed by atoms with E-state index in [0.717, 1.165) is 22.4 Å². The van der Waals surface area contributed by atoms with Gasteiger partial charge in [0.15, 0.2) is 0 Å². The molecular formula is C21H16Cl2N4O2. The van der Waals surface area contributed by atoms with E-state index in [4.69, 9.17) is 38.4 Å². The van der Waals surface area contributed by atoms with Crippen molar-refractivity contribution in [1.82, 2.24) is 10.2 Å². The number of aryl methyl sites for hydroxylation is 1. The monoisotopic (exact) mass is 426 g/mol. The second-order valence-electron chi connectivity index (χ2n) is 6.59. The van der Waals surface area contributed by atoms with Gasteiger partial charge >= 0.3 is 0 Å². The summed E-state index contributed by atoms with van der Waals surface area (Å²) in [6, 6.07) is 14.9. The summed E-state index contributed by atoms with van der Waals surface area (Å²) in [7, 11) is 0. The largest absolute Gasteiger partial charge is 0.489 e. The number of ether oxygens (including phenoxy) is 2. The molecule has 0 aliphatic carbocycles. The van der Waals surface area contributed by atoms with Crippen LogP contribution in [0, 0.1) is 18.3 Å². The van der Waals surface area contributed by atoms with Gasteiger partial charge in [-0.2, -0.15) is 5.26 Å². The van der Waals surface area contributed by atoms with Crippen LogP contribution in [0.3, 0.4) is 0 Å². The minimum absolute atomic E-state index is 0.0641. The molecule has 0 saturated heterocycles. The third kappa shape index (κ3) is 3.63. The molecule has 6 nitrogen and oxygen atoms in total. The van der Waals surface area contributed by atoms with E-state index in [0.29, 0.717) is 33.9 Å². The van der Waals surface area contributed by atoms with E-state index in [1.54, 1.807) is 12.1 Å². The predicted octanol–water partition coefficient (Wildman–Crippen LogP) is 4.82. The first kappa shape index (κ1) is 19.2. The number of nitrogens with one attached hydrogen (secondary N) is 1. The minimum atomic E-state index is -0.359. The first-order chi connectivity index (χ1) is 14.0. The summed E-state index contributed by atoms with van der Waals surface area (Å²) in [6.45, 7) is 2.19. The average Bonchev–Trinajstić information content (AvgIpc) is 3.07. The number of aromatic nitrogens is 2. The standard InChI is InChI=1S/C21H16Cl2N4O2/c1-11-18-19(16(9-24)20(25)29-21(18)27-26-11)12-3-6-15(7-4-12)28-10-13-2-5-14(22)8-17(13)23/h2-8,19H,10,25H2,1H3,(H,26,27)/t19-/m1/s1. The zero-order valence-electron chi connectivity index (χ0n) is 15.4. The summed E-state index contributed by atoms with van der Waals surface area (Å²) in [4.78, 5) is 0. The second kappa shape index (κ2) is 7.70. The van der Waals surface area contributed by atoms with Crippen molar-refractivity contribution in [3.8, 4) is 17.7 Å². The molecule has 2 heterocycles. The van der Waals surface area contributed by atoms with E-state index in [2.05, 4.69) is 16.3 Å². The van der Waals surface area contributed by atoms with E-state index in [-0.39, 0.29) is 11.8 Å². The molecule has 0 amide bonds. The Morgan fingerprint density at radius 3 is 2.69 bits per heavy atom. The van der Waals surface area contributed by atoms with Gasteiger partial charge in [0.05, 0.1) is 5.92 Å². The summed E-state index contributed by atoms with van der Waals surface area (Å²) in [5.41, 5.74) is 9.64. The molecular weight excluding hydrogens is 411 g/mol. The Balaban J connectivity index is 1.59. The van der Waals surface area contributed by atoms with Gasteiger partial charge in [-0.3, -0.25) is 5.10 Å². The van der Waals surface area contributed by atoms with Gasteiger partial charge in [0.25, 0.3) is 0 Å². The number of hydrogen-bond acceptors (Lipinski definition) is 5. The molecule has 0 saturated carbocycles. The van der Waals surface area contributed by atoms with E-state index in [1.807, 2.05) is 37.3 Å². The van der Waals surface area contributed by atoms with Crippen LogP contribution in [0.5, 0.6) is 11.6 Å². The third-order valence-electron chi connectivity index (χ3n) is 4.75. The molecule has 0 bridgehead atoms. The molecule has 2 aromatic carbocycles. The third-order valence-corrected chi connectivity index (χ3v) is 5.34. The van der Waals surface area contributed by atoms with E-state index in [9.17, 15) is 5.26 Å². The number of nitrogens with zero attached hydrogens (tertiary/aromatic N) is 2. The Kier molecular flexibility index (Phi) is 5.10. The maximum absolute atomic E-state index is 9.61. The Morgan fingerprint density at radius 2 is 2.00 bits per heavy atom. The van der Waals surface area contributed by atoms with Crippen LogP contribution in [0.2, 0.25) is 10.0 Å². The van der Waals surface area contributed by atoms with Crippen LogP contribution in [0.4, 0.5) is 0 Å². The van der Waals surface area contributed by atoms with Gasteiger partial charge in [-0.15, -0.1) is 5.10 Å². The molecule has 146 valence electrons. The molecule has 1 atom stereocenters. The summed E-state index contributed by atoms with van der Waals surface area (Å²) >= 11 is 12.1. The highest BCUT2D eigenvalue weighted by Crippen LogP contribution is 2.42. The number of rotatable bonds is 4. The number of hydrogen-bond donors (Lipinski definition) is 2. The lowest BCUT2D eigenvalue weighted by Gasteiger charge is -2.23. The Labute approximate surface area is 177 Å². The fourth-order valence-corrected chi connectivity index (χ4v) is 3.75. The number of aromatic amines is 1. The SMILES string of the molecule is Cc1[nH]nc2c1[C@H](c1ccc(OCc3ccc(Cl)cc3Cl)cc1)C(C#N)=C(N)O2. The van der Waals surface area contributed by atoms with Crippen LogP contribution in [0.15, 0.2) is 53.9 Å². The summed E-state index contributed by atoms with van der Waals surface area (Å²) in [5.74, 6) is 0.768. The van der Waals surface area contributed by atoms with Gasteiger partial charge in [0.2, 0.25) is 11.8 Å². The number of nitrogens with two attached hydrogens (primary N) is 1. The number of halogens is 2. The molecule has 29 heavy (non-hydrogen) atoms. The van der Waals surface area contributed by atoms with Gasteiger partial charge in [0.1, 0.15) is 24.0 Å². The molecule has 1 aromatic heterocycles. The quantitative estimate of drug-likeness (QED) is 0.622. The van der Waals surface area contributed by atoms with Crippen molar-refractivity contribution in [3.63, 3.8) is 0 Å². The number of nitriles is 1. The lowest BCUT2D eigenvalue weighted by atomic mass is 9.84. The summed E-state index contributed by atoms with van der Waals surface area (Å²) in [6.07, 6.45) is 0. The molecule has 4 rings (SSSR count). The normalized spacial score (nSPS) is 15.4. The highest BCUT2D eigenvalue weighted by atomic mass is 35.5. The van der Waals surface area contributed by atoms with E-state index >= 15 is 0 Å². The van der Waals surface area contributed by atoms with Crippen LogP contribution >= 0.6 is 23.2 Å². The second-order valence-corrected chi connectivity index (χ2v) is 7.43. The fourth-order valence-electron chi connectivity index (χ4n) is 3.29. The van der Waals surface area contributed by atoms with Crippen molar-refractivity contribution in [2.24, 2.45) is 5.73 Å². The van der Waals surface area contributed by atoms with Crippen molar-refractivity contribution < 1.29 is 9.47 Å². The van der Waals surface area contributed by atoms with E-state index < -0.39 is 0 Å². The topological polar surface area (TPSA) is 97.0 Å². The molecule has 0 spiro atoms. The minimum Gasteiger partial charge on any atom is -0.489 e. The fraction of sp³-hybridized carbons (Fsp3) is 0.143. The Hall–Kier alpha value is -3.14. The van der Waals surface area contributed by atoms with Crippen LogP contribution in [-0.4, -0.2) is 10.2 Å². The predicted molar refractivity (Wildman–Crippen MR) is 110 cm³/mol. The van der Waals surface area contributed by atoms with Crippen molar-refractivity contribution in [2.45, 2.75) is 19.4 Å². The zero-order chi connectivity index (χ0) is 20.5. The van der Waals surface area contributed by atoms with Crippen molar-refractivity contribution in [1.29, 1.82) is 5.26 Å². The lowest BCUT2D eigenvalue weighted by Crippen LogP contribution is -2.21. The molecule has 1 aliphatic rings. The highest BCUT2D eigenvalue weighted by Gasteiger charge is 2.34. The molecule has 1 aliphatic heterocycles. The summed E-state index contributed by atoms with van der Waals surface area (Å²) < 4.78 is 11.3. The van der Waals surface area contributed by atoms with Crippen molar-refractivity contribution in [2.75, 3.05) is 0 Å². The van der Waals surface area contributed by atoms with Gasteiger partial charge in [0, 0.05) is 26.9 Å². The van der Waals surface area contributed by atoms with E-state index in [1.165, 1.54) is 0 Å². The molecule has 3 N–H and O–H groups in total. The summed E-state index contributed by atoms with van der Waals surface area (Å²) in [5, 5.41) is 17.8. The average molecular weight is 427 g/mol. The molecule has 3 aromatic rings. The van der Waals surface area contributed by atoms with Crippen LogP contribution in [0.1, 0.15) is 28.3 Å². The smallest absolute Gasteiger partial charge is 0.244 e. The molecule has 0 fully saturated rings. The Morgan fingerprint density at radius 1 is 1.24 bits per heavy atom. The molecule has 8 heteroatoms. The lowest BCUT2D eigenvalue weighted by molar-refractivity contribution is 0.306. The van der Waals surface area contributed by atoms with Gasteiger partial charge in [-0.1, -0.05) is 41.4 Å². The number of fused-ring (bicyclic) bond motifs is 1. The Bertz CT molecular complexity index is 1150. The number of benzene rings is 2. The number of H-pyrrole nitrogens is 1.